The van der Waals surface area contributed by atoms with Gasteiger partial charge >= 0.3 is 0 Å². The summed E-state index contributed by atoms with van der Waals surface area (Å²) in [5, 5.41) is 7.27. The lowest BCUT2D eigenvalue weighted by Gasteiger charge is -2.28. The van der Waals surface area contributed by atoms with Crippen LogP contribution in [0.5, 0.6) is 0 Å². The Morgan fingerprint density at radius 2 is 2.12 bits per heavy atom. The van der Waals surface area contributed by atoms with Crippen LogP contribution in [-0.4, -0.2) is 13.3 Å². The van der Waals surface area contributed by atoms with Crippen molar-refractivity contribution in [1.29, 1.82) is 0 Å². The van der Waals surface area contributed by atoms with Gasteiger partial charge in [-0.3, -0.25) is 0 Å². The Balaban J connectivity index is 1.61. The fraction of sp³-hybridized carbons (Fsp3) is 0.500. The van der Waals surface area contributed by atoms with Gasteiger partial charge in [0.15, 0.2) is 0 Å². The monoisotopic (exact) mass is 338 g/mol. The molecule has 0 saturated heterocycles. The number of oxime groups is 1. The van der Waals surface area contributed by atoms with Gasteiger partial charge in [-0.15, -0.1) is 6.58 Å². The predicted molar refractivity (Wildman–Crippen MR) is 106 cm³/mol. The summed E-state index contributed by atoms with van der Waals surface area (Å²) < 4.78 is 0. The predicted octanol–water partition coefficient (Wildman–Crippen LogP) is 5.56. The summed E-state index contributed by atoms with van der Waals surface area (Å²) >= 11 is 0. The van der Waals surface area contributed by atoms with Crippen LogP contribution in [-0.2, 0) is 11.3 Å². The molecule has 2 fully saturated rings. The lowest BCUT2D eigenvalue weighted by molar-refractivity contribution is 0.139. The fourth-order valence-corrected chi connectivity index (χ4v) is 4.67. The third-order valence-corrected chi connectivity index (χ3v) is 6.30. The molecule has 2 aliphatic rings. The van der Waals surface area contributed by atoms with Crippen LogP contribution in [0.2, 0.25) is 0 Å². The summed E-state index contributed by atoms with van der Waals surface area (Å²) in [6, 6.07) is 8.78. The number of nitrogens with zero attached hydrogens (tertiary/aromatic N) is 1. The van der Waals surface area contributed by atoms with E-state index in [4.69, 9.17) is 4.84 Å². The zero-order chi connectivity index (χ0) is 17.9. The van der Waals surface area contributed by atoms with Crippen LogP contribution in [0.4, 0.5) is 5.69 Å². The molecule has 0 radical (unpaired) electrons. The van der Waals surface area contributed by atoms with Crippen LogP contribution in [0.3, 0.4) is 0 Å². The highest BCUT2D eigenvalue weighted by Gasteiger charge is 2.56. The molecule has 3 heteroatoms. The average molecular weight is 338 g/mol. The minimum absolute atomic E-state index is 0.115. The van der Waals surface area contributed by atoms with E-state index in [-0.39, 0.29) is 5.41 Å². The van der Waals surface area contributed by atoms with Crippen LogP contribution >= 0.6 is 0 Å². The molecule has 0 aliphatic heterocycles. The molecule has 0 aromatic heterocycles. The molecule has 2 saturated carbocycles. The molecule has 1 N–H and O–H groups in total. The van der Waals surface area contributed by atoms with Crippen LogP contribution in [0.1, 0.15) is 44.6 Å². The molecule has 25 heavy (non-hydrogen) atoms. The van der Waals surface area contributed by atoms with E-state index in [9.17, 15) is 0 Å². The minimum atomic E-state index is 0.115. The highest BCUT2D eigenvalue weighted by molar-refractivity contribution is 5.46. The van der Waals surface area contributed by atoms with Gasteiger partial charge in [0.25, 0.3) is 0 Å². The van der Waals surface area contributed by atoms with E-state index in [1.807, 2.05) is 6.08 Å². The van der Waals surface area contributed by atoms with Crippen molar-refractivity contribution in [3.8, 4) is 0 Å². The largest absolute Gasteiger partial charge is 0.384 e. The standard InChI is InChI=1S/C22H30N2O/c1-5-17(2)13-19-7-6-8-20(14-19)24-16-21-9-11-22(15-21,12-10-21)18(3)25-23-4/h5-8,14,17,24H,1,3-4,9-13,15-16H2,2H3. The number of hydrogen-bond acceptors (Lipinski definition) is 3. The lowest BCUT2D eigenvalue weighted by atomic mass is 9.81. The van der Waals surface area contributed by atoms with Gasteiger partial charge in [-0.1, -0.05) is 36.9 Å². The molecular weight excluding hydrogens is 308 g/mol. The van der Waals surface area contributed by atoms with E-state index in [0.29, 0.717) is 11.3 Å². The van der Waals surface area contributed by atoms with Crippen molar-refractivity contribution < 1.29 is 4.84 Å². The third-order valence-electron chi connectivity index (χ3n) is 6.30. The van der Waals surface area contributed by atoms with Crippen LogP contribution < -0.4 is 5.32 Å². The SMILES string of the molecule is C=CC(C)Cc1cccc(NCC23CCC(C(=C)ON=C)(CC2)C3)c1. The Hall–Kier alpha value is -2.03. The second kappa shape index (κ2) is 7.07. The Morgan fingerprint density at radius 1 is 1.36 bits per heavy atom. The maximum absolute atomic E-state index is 5.31. The van der Waals surface area contributed by atoms with Gasteiger partial charge in [0.2, 0.25) is 0 Å². The van der Waals surface area contributed by atoms with Crippen molar-refractivity contribution >= 4 is 12.4 Å². The van der Waals surface area contributed by atoms with Crippen molar-refractivity contribution in [1.82, 2.24) is 0 Å². The quantitative estimate of drug-likeness (QED) is 0.277. The summed E-state index contributed by atoms with van der Waals surface area (Å²) in [5.74, 6) is 1.31. The highest BCUT2D eigenvalue weighted by Crippen LogP contribution is 2.64. The molecule has 0 amide bonds. The van der Waals surface area contributed by atoms with Gasteiger partial charge in [0, 0.05) is 24.4 Å². The Kier molecular flexibility index (Phi) is 5.03. The van der Waals surface area contributed by atoms with E-state index >= 15 is 0 Å². The minimum Gasteiger partial charge on any atom is -0.384 e. The second-order valence-electron chi connectivity index (χ2n) is 8.07. The zero-order valence-corrected chi connectivity index (χ0v) is 15.4. The van der Waals surface area contributed by atoms with Crippen LogP contribution in [0.15, 0.2) is 54.4 Å². The molecule has 2 aliphatic carbocycles. The Labute approximate surface area is 151 Å². The summed E-state index contributed by atoms with van der Waals surface area (Å²) in [7, 11) is 0. The molecule has 134 valence electrons. The first-order valence-electron chi connectivity index (χ1n) is 9.29. The van der Waals surface area contributed by atoms with E-state index in [2.05, 4.69) is 61.5 Å². The Bertz CT molecular complexity index is 656. The molecular formula is C22H30N2O. The number of rotatable bonds is 9. The maximum atomic E-state index is 5.31. The number of anilines is 1. The van der Waals surface area contributed by atoms with Crippen LogP contribution in [0, 0.1) is 16.7 Å². The molecule has 3 nitrogen and oxygen atoms in total. The molecule has 0 heterocycles. The zero-order valence-electron chi connectivity index (χ0n) is 15.4. The maximum Gasteiger partial charge on any atom is 0.134 e. The highest BCUT2D eigenvalue weighted by atomic mass is 16.6. The van der Waals surface area contributed by atoms with Gasteiger partial charge < -0.3 is 10.2 Å². The van der Waals surface area contributed by atoms with Crippen molar-refractivity contribution in [2.45, 2.75) is 45.4 Å². The molecule has 1 aromatic rings. The first-order chi connectivity index (χ1) is 12.0. The number of fused-ring (bicyclic) bond motifs is 2. The topological polar surface area (TPSA) is 33.6 Å². The molecule has 2 bridgehead atoms. The van der Waals surface area contributed by atoms with E-state index in [0.717, 1.165) is 38.0 Å². The normalized spacial score (nSPS) is 28.4. The third kappa shape index (κ3) is 3.65. The van der Waals surface area contributed by atoms with E-state index in [1.165, 1.54) is 24.1 Å². The van der Waals surface area contributed by atoms with Crippen molar-refractivity contribution in [2.24, 2.45) is 21.9 Å². The van der Waals surface area contributed by atoms with Crippen molar-refractivity contribution in [3.05, 3.63) is 54.8 Å². The number of nitrogens with one attached hydrogen (secondary N) is 1. The van der Waals surface area contributed by atoms with Crippen molar-refractivity contribution in [2.75, 3.05) is 11.9 Å². The van der Waals surface area contributed by atoms with Gasteiger partial charge in [-0.25, -0.2) is 0 Å². The molecule has 1 aromatic carbocycles. The number of allylic oxidation sites excluding steroid dienone is 2. The fourth-order valence-electron chi connectivity index (χ4n) is 4.67. The van der Waals surface area contributed by atoms with Gasteiger partial charge in [-0.2, -0.15) is 0 Å². The van der Waals surface area contributed by atoms with E-state index < -0.39 is 0 Å². The van der Waals surface area contributed by atoms with Gasteiger partial charge in [0.05, 0.1) is 0 Å². The average Bonchev–Trinajstić information content (AvgIpc) is 3.19. The second-order valence-corrected chi connectivity index (χ2v) is 8.07. The summed E-state index contributed by atoms with van der Waals surface area (Å²) in [4.78, 5) is 5.31. The van der Waals surface area contributed by atoms with Gasteiger partial charge in [0.1, 0.15) is 5.76 Å². The van der Waals surface area contributed by atoms with Crippen molar-refractivity contribution in [3.63, 3.8) is 0 Å². The first kappa shape index (κ1) is 17.8. The van der Waals surface area contributed by atoms with E-state index in [1.54, 1.807) is 0 Å². The Morgan fingerprint density at radius 3 is 2.80 bits per heavy atom. The smallest absolute Gasteiger partial charge is 0.134 e. The molecule has 1 unspecified atom stereocenters. The summed E-state index contributed by atoms with van der Waals surface area (Å²) in [5.41, 5.74) is 3.05. The summed E-state index contributed by atoms with van der Waals surface area (Å²) in [6.07, 6.45) is 8.97. The summed E-state index contributed by atoms with van der Waals surface area (Å²) in [6.45, 7) is 14.6. The molecule has 1 atom stereocenters. The van der Waals surface area contributed by atoms with Crippen LogP contribution in [0.25, 0.3) is 0 Å². The lowest BCUT2D eigenvalue weighted by Crippen LogP contribution is -2.24. The molecule has 3 rings (SSSR count). The number of benzene rings is 1. The number of hydrogen-bond donors (Lipinski definition) is 1. The van der Waals surface area contributed by atoms with Gasteiger partial charge in [-0.05, 0) is 67.6 Å². The first-order valence-corrected chi connectivity index (χ1v) is 9.29. The molecule has 0 spiro atoms.